The van der Waals surface area contributed by atoms with Gasteiger partial charge < -0.3 is 10.5 Å². The molecule has 0 bridgehead atoms. The molecular weight excluding hydrogens is 222 g/mol. The van der Waals surface area contributed by atoms with Gasteiger partial charge in [0.1, 0.15) is 5.75 Å². The minimum atomic E-state index is 0.482. The molecule has 100 valence electrons. The highest BCUT2D eigenvalue weighted by molar-refractivity contribution is 5.31. The van der Waals surface area contributed by atoms with E-state index in [9.17, 15) is 0 Å². The van der Waals surface area contributed by atoms with E-state index in [-0.39, 0.29) is 0 Å². The van der Waals surface area contributed by atoms with Crippen molar-refractivity contribution in [2.45, 2.75) is 38.5 Å². The Morgan fingerprint density at radius 3 is 2.78 bits per heavy atom. The quantitative estimate of drug-likeness (QED) is 0.883. The van der Waals surface area contributed by atoms with Crippen LogP contribution in [0.2, 0.25) is 0 Å². The second-order valence-corrected chi connectivity index (χ2v) is 5.54. The highest BCUT2D eigenvalue weighted by atomic mass is 16.5. The Morgan fingerprint density at radius 1 is 1.33 bits per heavy atom. The van der Waals surface area contributed by atoms with Crippen molar-refractivity contribution in [2.24, 2.45) is 17.6 Å². The molecule has 2 nitrogen and oxygen atoms in total. The zero-order valence-corrected chi connectivity index (χ0v) is 11.6. The minimum Gasteiger partial charge on any atom is -0.497 e. The molecule has 2 N–H and O–H groups in total. The SMILES string of the molecule is COc1cccc(C(CN)C2CCCCC2C)c1. The first-order valence-electron chi connectivity index (χ1n) is 7.10. The van der Waals surface area contributed by atoms with Gasteiger partial charge in [0.2, 0.25) is 0 Å². The molecule has 0 aromatic heterocycles. The third-order valence-corrected chi connectivity index (χ3v) is 4.47. The van der Waals surface area contributed by atoms with Crippen molar-refractivity contribution in [3.63, 3.8) is 0 Å². The third kappa shape index (κ3) is 2.86. The fourth-order valence-corrected chi connectivity index (χ4v) is 3.37. The molecule has 0 saturated heterocycles. The number of methoxy groups -OCH3 is 1. The van der Waals surface area contributed by atoms with Crippen LogP contribution in [-0.2, 0) is 0 Å². The number of ether oxygens (including phenoxy) is 1. The Labute approximate surface area is 111 Å². The van der Waals surface area contributed by atoms with E-state index in [0.29, 0.717) is 5.92 Å². The zero-order chi connectivity index (χ0) is 13.0. The van der Waals surface area contributed by atoms with E-state index in [1.165, 1.54) is 31.2 Å². The van der Waals surface area contributed by atoms with Gasteiger partial charge in [-0.1, -0.05) is 38.3 Å². The number of hydrogen-bond acceptors (Lipinski definition) is 2. The Balaban J connectivity index is 2.20. The predicted octanol–water partition coefficient (Wildman–Crippen LogP) is 3.56. The number of rotatable bonds is 4. The number of hydrogen-bond donors (Lipinski definition) is 1. The summed E-state index contributed by atoms with van der Waals surface area (Å²) in [6.07, 6.45) is 5.41. The van der Waals surface area contributed by atoms with E-state index in [2.05, 4.69) is 25.1 Å². The maximum atomic E-state index is 6.05. The molecule has 1 saturated carbocycles. The van der Waals surface area contributed by atoms with E-state index in [4.69, 9.17) is 10.5 Å². The van der Waals surface area contributed by atoms with Crippen LogP contribution in [0.1, 0.15) is 44.1 Å². The van der Waals surface area contributed by atoms with Crippen molar-refractivity contribution >= 4 is 0 Å². The summed E-state index contributed by atoms with van der Waals surface area (Å²) in [7, 11) is 1.72. The van der Waals surface area contributed by atoms with E-state index < -0.39 is 0 Å². The van der Waals surface area contributed by atoms with Gasteiger partial charge in [-0.3, -0.25) is 0 Å². The Hall–Kier alpha value is -1.02. The van der Waals surface area contributed by atoms with Gasteiger partial charge >= 0.3 is 0 Å². The van der Waals surface area contributed by atoms with Crippen LogP contribution in [0.25, 0.3) is 0 Å². The Kier molecular flexibility index (Phi) is 4.65. The summed E-state index contributed by atoms with van der Waals surface area (Å²) in [5, 5.41) is 0. The minimum absolute atomic E-state index is 0.482. The standard InChI is InChI=1S/C16H25NO/c1-12-6-3-4-9-15(12)16(11-17)13-7-5-8-14(10-13)18-2/h5,7-8,10,12,15-16H,3-4,6,9,11,17H2,1-2H3. The lowest BCUT2D eigenvalue weighted by Gasteiger charge is -2.35. The normalized spacial score (nSPS) is 25.7. The maximum Gasteiger partial charge on any atom is 0.119 e. The second-order valence-electron chi connectivity index (χ2n) is 5.54. The van der Waals surface area contributed by atoms with Gasteiger partial charge in [0.25, 0.3) is 0 Å². The van der Waals surface area contributed by atoms with Crippen LogP contribution in [0.3, 0.4) is 0 Å². The van der Waals surface area contributed by atoms with Gasteiger partial charge in [-0.05, 0) is 48.4 Å². The molecule has 2 rings (SSSR count). The maximum absolute atomic E-state index is 6.05. The number of benzene rings is 1. The monoisotopic (exact) mass is 247 g/mol. The van der Waals surface area contributed by atoms with E-state index >= 15 is 0 Å². The molecule has 1 aliphatic rings. The molecule has 0 heterocycles. The first-order valence-corrected chi connectivity index (χ1v) is 7.10. The molecule has 0 spiro atoms. The van der Waals surface area contributed by atoms with Crippen molar-refractivity contribution in [3.05, 3.63) is 29.8 Å². The van der Waals surface area contributed by atoms with Gasteiger partial charge in [0.15, 0.2) is 0 Å². The summed E-state index contributed by atoms with van der Waals surface area (Å²) in [4.78, 5) is 0. The first kappa shape index (κ1) is 13.4. The zero-order valence-electron chi connectivity index (χ0n) is 11.6. The molecule has 0 amide bonds. The Morgan fingerprint density at radius 2 is 2.11 bits per heavy atom. The summed E-state index contributed by atoms with van der Waals surface area (Å²) in [5.74, 6) is 2.94. The van der Waals surface area contributed by atoms with Crippen molar-refractivity contribution in [1.82, 2.24) is 0 Å². The molecular formula is C16H25NO. The van der Waals surface area contributed by atoms with Crippen molar-refractivity contribution < 1.29 is 4.74 Å². The van der Waals surface area contributed by atoms with E-state index in [0.717, 1.165) is 24.1 Å². The highest BCUT2D eigenvalue weighted by Gasteiger charge is 2.29. The molecule has 1 aromatic carbocycles. The predicted molar refractivity (Wildman–Crippen MR) is 75.9 cm³/mol. The fourth-order valence-electron chi connectivity index (χ4n) is 3.37. The number of nitrogens with two attached hydrogens (primary N) is 1. The van der Waals surface area contributed by atoms with Crippen molar-refractivity contribution in [1.29, 1.82) is 0 Å². The summed E-state index contributed by atoms with van der Waals surface area (Å²) < 4.78 is 5.32. The van der Waals surface area contributed by atoms with E-state index in [1.807, 2.05) is 6.07 Å². The van der Waals surface area contributed by atoms with Crippen LogP contribution in [0, 0.1) is 11.8 Å². The largest absolute Gasteiger partial charge is 0.497 e. The van der Waals surface area contributed by atoms with Crippen LogP contribution >= 0.6 is 0 Å². The van der Waals surface area contributed by atoms with Crippen LogP contribution in [0.4, 0.5) is 0 Å². The molecule has 1 fully saturated rings. The van der Waals surface area contributed by atoms with E-state index in [1.54, 1.807) is 7.11 Å². The molecule has 18 heavy (non-hydrogen) atoms. The fraction of sp³-hybridized carbons (Fsp3) is 0.625. The average Bonchev–Trinajstić information content (AvgIpc) is 2.42. The molecule has 0 radical (unpaired) electrons. The summed E-state index contributed by atoms with van der Waals surface area (Å²) in [6, 6.07) is 8.42. The molecule has 1 aromatic rings. The summed E-state index contributed by atoms with van der Waals surface area (Å²) in [6.45, 7) is 3.12. The topological polar surface area (TPSA) is 35.2 Å². The van der Waals surface area contributed by atoms with Crippen LogP contribution in [0.15, 0.2) is 24.3 Å². The first-order chi connectivity index (χ1) is 8.76. The molecule has 3 unspecified atom stereocenters. The van der Waals surface area contributed by atoms with Gasteiger partial charge in [-0.25, -0.2) is 0 Å². The van der Waals surface area contributed by atoms with Gasteiger partial charge in [0, 0.05) is 0 Å². The van der Waals surface area contributed by atoms with Gasteiger partial charge in [-0.2, -0.15) is 0 Å². The van der Waals surface area contributed by atoms with Crippen molar-refractivity contribution in [3.8, 4) is 5.75 Å². The average molecular weight is 247 g/mol. The smallest absolute Gasteiger partial charge is 0.119 e. The molecule has 2 heteroatoms. The lowest BCUT2D eigenvalue weighted by atomic mass is 9.71. The summed E-state index contributed by atoms with van der Waals surface area (Å²) >= 11 is 0. The van der Waals surface area contributed by atoms with Gasteiger partial charge in [0.05, 0.1) is 7.11 Å². The van der Waals surface area contributed by atoms with Crippen LogP contribution in [-0.4, -0.2) is 13.7 Å². The third-order valence-electron chi connectivity index (χ3n) is 4.47. The molecule has 1 aliphatic carbocycles. The molecule has 0 aliphatic heterocycles. The Bertz CT molecular complexity index is 377. The highest BCUT2D eigenvalue weighted by Crippen LogP contribution is 2.39. The lowest BCUT2D eigenvalue weighted by Crippen LogP contribution is -2.28. The van der Waals surface area contributed by atoms with Gasteiger partial charge in [-0.15, -0.1) is 0 Å². The van der Waals surface area contributed by atoms with Crippen molar-refractivity contribution in [2.75, 3.05) is 13.7 Å². The molecule has 3 atom stereocenters. The second kappa shape index (κ2) is 6.24. The van der Waals surface area contributed by atoms with Crippen LogP contribution in [0.5, 0.6) is 5.75 Å². The summed E-state index contributed by atoms with van der Waals surface area (Å²) in [5.41, 5.74) is 7.39. The lowest BCUT2D eigenvalue weighted by molar-refractivity contribution is 0.218. The van der Waals surface area contributed by atoms with Crippen LogP contribution < -0.4 is 10.5 Å².